The molecule has 0 aromatic heterocycles. The maximum Gasteiger partial charge on any atom is 0.146 e. The van der Waals surface area contributed by atoms with E-state index in [0.717, 1.165) is 12.3 Å². The zero-order chi connectivity index (χ0) is 10.4. The highest BCUT2D eigenvalue weighted by Crippen LogP contribution is 2.14. The summed E-state index contributed by atoms with van der Waals surface area (Å²) in [5.74, 6) is 1.19. The van der Waals surface area contributed by atoms with Crippen molar-refractivity contribution in [1.29, 1.82) is 0 Å². The molecule has 0 aromatic rings. The number of nitrogens with two attached hydrogens (primary N) is 1. The molecule has 0 amide bonds. The van der Waals surface area contributed by atoms with Crippen molar-refractivity contribution >= 4 is 5.78 Å². The molecule has 0 fully saturated rings. The van der Waals surface area contributed by atoms with E-state index in [1.165, 1.54) is 12.8 Å². The van der Waals surface area contributed by atoms with Crippen LogP contribution in [0.3, 0.4) is 0 Å². The van der Waals surface area contributed by atoms with Gasteiger partial charge >= 0.3 is 0 Å². The first-order chi connectivity index (χ1) is 5.95. The Balaban J connectivity index is 3.61. The van der Waals surface area contributed by atoms with E-state index in [1.807, 2.05) is 0 Å². The molecule has 0 saturated heterocycles. The Morgan fingerprint density at radius 3 is 2.15 bits per heavy atom. The Labute approximate surface area is 81.9 Å². The lowest BCUT2D eigenvalue weighted by atomic mass is 9.92. The second-order valence-electron chi connectivity index (χ2n) is 4.44. The number of hydrogen-bond donors (Lipinski definition) is 1. The Kier molecular flexibility index (Phi) is 5.97. The Bertz CT molecular complexity index is 154. The normalized spacial score (nSPS) is 15.8. The van der Waals surface area contributed by atoms with Crippen molar-refractivity contribution in [3.63, 3.8) is 0 Å². The van der Waals surface area contributed by atoms with E-state index >= 15 is 0 Å². The fourth-order valence-electron chi connectivity index (χ4n) is 1.43. The topological polar surface area (TPSA) is 43.1 Å². The smallest absolute Gasteiger partial charge is 0.146 e. The predicted octanol–water partition coefficient (Wildman–Crippen LogP) is 2.37. The number of rotatable bonds is 6. The lowest BCUT2D eigenvalue weighted by Gasteiger charge is -2.17. The van der Waals surface area contributed by atoms with E-state index in [4.69, 9.17) is 5.73 Å². The van der Waals surface area contributed by atoms with Crippen molar-refractivity contribution in [2.24, 2.45) is 17.6 Å². The monoisotopic (exact) mass is 185 g/mol. The van der Waals surface area contributed by atoms with Crippen molar-refractivity contribution in [2.75, 3.05) is 0 Å². The van der Waals surface area contributed by atoms with E-state index in [0.29, 0.717) is 5.92 Å². The molecule has 0 bridgehead atoms. The number of ketones is 1. The van der Waals surface area contributed by atoms with Gasteiger partial charge in [-0.1, -0.05) is 33.6 Å². The van der Waals surface area contributed by atoms with Crippen LogP contribution in [0.25, 0.3) is 0 Å². The maximum absolute atomic E-state index is 11.0. The molecule has 0 saturated carbocycles. The summed E-state index contributed by atoms with van der Waals surface area (Å²) in [4.78, 5) is 11.0. The van der Waals surface area contributed by atoms with Gasteiger partial charge in [0, 0.05) is 0 Å². The summed E-state index contributed by atoms with van der Waals surface area (Å²) in [5.41, 5.74) is 5.73. The lowest BCUT2D eigenvalue weighted by Crippen LogP contribution is -2.35. The lowest BCUT2D eigenvalue weighted by molar-refractivity contribution is -0.119. The number of carbonyl (C=O) groups excluding carboxylic acids is 1. The average molecular weight is 185 g/mol. The minimum absolute atomic E-state index is 0.108. The van der Waals surface area contributed by atoms with E-state index < -0.39 is 0 Å². The van der Waals surface area contributed by atoms with Crippen molar-refractivity contribution in [3.8, 4) is 0 Å². The minimum atomic E-state index is -0.257. The number of Topliss-reactive ketones (excluding diaryl/α,β-unsaturated/α-hetero) is 1. The van der Waals surface area contributed by atoms with Gasteiger partial charge in [-0.3, -0.25) is 4.79 Å². The van der Waals surface area contributed by atoms with Gasteiger partial charge in [-0.05, 0) is 25.2 Å². The molecule has 0 radical (unpaired) electrons. The summed E-state index contributed by atoms with van der Waals surface area (Å²) >= 11 is 0. The van der Waals surface area contributed by atoms with Crippen LogP contribution in [0.5, 0.6) is 0 Å². The molecule has 2 unspecified atom stereocenters. The molecular formula is C11H23NO. The average Bonchev–Trinajstić information content (AvgIpc) is 2.02. The summed E-state index contributed by atoms with van der Waals surface area (Å²) in [7, 11) is 0. The van der Waals surface area contributed by atoms with Gasteiger partial charge in [-0.25, -0.2) is 0 Å². The molecule has 0 heterocycles. The Morgan fingerprint density at radius 1 is 1.23 bits per heavy atom. The van der Waals surface area contributed by atoms with Crippen LogP contribution in [0, 0.1) is 11.8 Å². The van der Waals surface area contributed by atoms with E-state index in [-0.39, 0.29) is 11.8 Å². The van der Waals surface area contributed by atoms with E-state index in [1.54, 1.807) is 6.92 Å². The van der Waals surface area contributed by atoms with Gasteiger partial charge in [0.25, 0.3) is 0 Å². The van der Waals surface area contributed by atoms with Gasteiger partial charge in [0.05, 0.1) is 6.04 Å². The van der Waals surface area contributed by atoms with Gasteiger partial charge in [-0.15, -0.1) is 0 Å². The van der Waals surface area contributed by atoms with Crippen LogP contribution in [-0.2, 0) is 4.79 Å². The SMILES string of the molecule is CC(=O)C(N)C(C)CCCC(C)C. The first-order valence-corrected chi connectivity index (χ1v) is 5.21. The fraction of sp³-hybridized carbons (Fsp3) is 0.909. The van der Waals surface area contributed by atoms with E-state index in [9.17, 15) is 4.79 Å². The molecule has 0 aliphatic carbocycles. The van der Waals surface area contributed by atoms with Gasteiger partial charge in [0.1, 0.15) is 5.78 Å². The largest absolute Gasteiger partial charge is 0.321 e. The van der Waals surface area contributed by atoms with Crippen molar-refractivity contribution in [1.82, 2.24) is 0 Å². The van der Waals surface area contributed by atoms with Gasteiger partial charge in [0.15, 0.2) is 0 Å². The van der Waals surface area contributed by atoms with Crippen LogP contribution >= 0.6 is 0 Å². The standard InChI is InChI=1S/C11H23NO/c1-8(2)6-5-7-9(3)11(12)10(4)13/h8-9,11H,5-7,12H2,1-4H3. The molecular weight excluding hydrogens is 162 g/mol. The third-order valence-corrected chi connectivity index (χ3v) is 2.52. The Morgan fingerprint density at radius 2 is 1.77 bits per heavy atom. The molecule has 0 aliphatic rings. The first kappa shape index (κ1) is 12.6. The van der Waals surface area contributed by atoms with Crippen LogP contribution < -0.4 is 5.73 Å². The highest BCUT2D eigenvalue weighted by atomic mass is 16.1. The summed E-state index contributed by atoms with van der Waals surface area (Å²) < 4.78 is 0. The van der Waals surface area contributed by atoms with Crippen LogP contribution in [-0.4, -0.2) is 11.8 Å². The van der Waals surface area contributed by atoms with Gasteiger partial charge < -0.3 is 5.73 Å². The molecule has 2 atom stereocenters. The molecule has 78 valence electrons. The zero-order valence-corrected chi connectivity index (χ0v) is 9.34. The van der Waals surface area contributed by atoms with Gasteiger partial charge in [0.2, 0.25) is 0 Å². The highest BCUT2D eigenvalue weighted by molar-refractivity contribution is 5.81. The molecule has 0 spiro atoms. The van der Waals surface area contributed by atoms with Gasteiger partial charge in [-0.2, -0.15) is 0 Å². The van der Waals surface area contributed by atoms with E-state index in [2.05, 4.69) is 20.8 Å². The summed E-state index contributed by atoms with van der Waals surface area (Å²) in [6.45, 7) is 8.07. The minimum Gasteiger partial charge on any atom is -0.321 e. The predicted molar refractivity (Wildman–Crippen MR) is 56.5 cm³/mol. The third kappa shape index (κ3) is 5.81. The fourth-order valence-corrected chi connectivity index (χ4v) is 1.43. The summed E-state index contributed by atoms with van der Waals surface area (Å²) in [6.07, 6.45) is 3.48. The first-order valence-electron chi connectivity index (χ1n) is 5.21. The zero-order valence-electron chi connectivity index (χ0n) is 9.34. The summed E-state index contributed by atoms with van der Waals surface area (Å²) in [5, 5.41) is 0. The van der Waals surface area contributed by atoms with Crippen LogP contribution in [0.2, 0.25) is 0 Å². The van der Waals surface area contributed by atoms with Crippen LogP contribution in [0.4, 0.5) is 0 Å². The van der Waals surface area contributed by atoms with Crippen molar-refractivity contribution in [2.45, 2.75) is 53.0 Å². The van der Waals surface area contributed by atoms with Crippen molar-refractivity contribution < 1.29 is 4.79 Å². The molecule has 0 aromatic carbocycles. The van der Waals surface area contributed by atoms with Crippen LogP contribution in [0.15, 0.2) is 0 Å². The molecule has 0 rings (SSSR count). The summed E-state index contributed by atoms with van der Waals surface area (Å²) in [6, 6.07) is -0.257. The molecule has 2 N–H and O–H groups in total. The molecule has 13 heavy (non-hydrogen) atoms. The molecule has 2 nitrogen and oxygen atoms in total. The second kappa shape index (κ2) is 6.14. The highest BCUT2D eigenvalue weighted by Gasteiger charge is 2.16. The quantitative estimate of drug-likeness (QED) is 0.690. The van der Waals surface area contributed by atoms with Crippen LogP contribution in [0.1, 0.15) is 47.0 Å². The molecule has 0 aliphatic heterocycles. The third-order valence-electron chi connectivity index (χ3n) is 2.52. The second-order valence-corrected chi connectivity index (χ2v) is 4.44. The Hall–Kier alpha value is -0.370. The van der Waals surface area contributed by atoms with Crippen molar-refractivity contribution in [3.05, 3.63) is 0 Å². The maximum atomic E-state index is 11.0. The number of carbonyl (C=O) groups is 1. The molecule has 2 heteroatoms. The number of hydrogen-bond acceptors (Lipinski definition) is 2.